The van der Waals surface area contributed by atoms with E-state index in [1.165, 1.54) is 35.5 Å². The van der Waals surface area contributed by atoms with Crippen LogP contribution in [0, 0.1) is 11.6 Å². The van der Waals surface area contributed by atoms with E-state index in [9.17, 15) is 26.7 Å². The quantitative estimate of drug-likeness (QED) is 0.508. The number of amides is 1. The minimum atomic E-state index is -4.94. The second-order valence-corrected chi connectivity index (χ2v) is 7.08. The molecule has 0 aliphatic carbocycles. The van der Waals surface area contributed by atoms with Gasteiger partial charge in [0.2, 0.25) is 0 Å². The van der Waals surface area contributed by atoms with Crippen LogP contribution in [0.25, 0.3) is 11.4 Å². The third-order valence-electron chi connectivity index (χ3n) is 4.86. The van der Waals surface area contributed by atoms with Crippen molar-refractivity contribution >= 4 is 11.7 Å². The molecule has 0 saturated carbocycles. The molecular formula is C22H20F5N5O. The first kappa shape index (κ1) is 24.0. The Morgan fingerprint density at radius 1 is 1.06 bits per heavy atom. The van der Waals surface area contributed by atoms with Crippen LogP contribution in [-0.2, 0) is 6.18 Å². The molecule has 0 saturated heterocycles. The van der Waals surface area contributed by atoms with E-state index in [4.69, 9.17) is 0 Å². The molecule has 0 radical (unpaired) electrons. The van der Waals surface area contributed by atoms with E-state index in [0.717, 1.165) is 6.07 Å². The van der Waals surface area contributed by atoms with Crippen molar-refractivity contribution in [1.82, 2.24) is 19.9 Å². The predicted molar refractivity (Wildman–Crippen MR) is 111 cm³/mol. The van der Waals surface area contributed by atoms with Crippen molar-refractivity contribution in [3.05, 3.63) is 71.7 Å². The second kappa shape index (κ2) is 9.88. The van der Waals surface area contributed by atoms with Crippen molar-refractivity contribution in [3.63, 3.8) is 0 Å². The van der Waals surface area contributed by atoms with E-state index in [1.807, 2.05) is 0 Å². The highest BCUT2D eigenvalue weighted by molar-refractivity contribution is 6.00. The zero-order valence-electron chi connectivity index (χ0n) is 17.7. The molecule has 3 rings (SSSR count). The summed E-state index contributed by atoms with van der Waals surface area (Å²) in [4.78, 5) is 26.0. The Labute approximate surface area is 186 Å². The lowest BCUT2D eigenvalue weighted by atomic mass is 10.0. The lowest BCUT2D eigenvalue weighted by Crippen LogP contribution is -2.42. The van der Waals surface area contributed by atoms with Crippen LogP contribution in [0.4, 0.5) is 27.8 Å². The molecule has 1 amide bonds. The first-order valence-electron chi connectivity index (χ1n) is 9.98. The van der Waals surface area contributed by atoms with Gasteiger partial charge in [0.25, 0.3) is 5.91 Å². The molecule has 1 atom stereocenters. The van der Waals surface area contributed by atoms with Crippen LogP contribution in [-0.4, -0.2) is 44.9 Å². The van der Waals surface area contributed by atoms with E-state index in [2.05, 4.69) is 20.3 Å². The number of pyridine rings is 1. The first-order chi connectivity index (χ1) is 15.6. The zero-order chi connectivity index (χ0) is 24.2. The SMILES string of the molecule is CCN(C(=O)c1cccc(F)c1-c1ncccn1)[C@@H](C)CNc1ccc(F)c(C(F)(F)F)n1. The summed E-state index contributed by atoms with van der Waals surface area (Å²) in [6.07, 6.45) is -2.08. The minimum absolute atomic E-state index is 0.0159. The van der Waals surface area contributed by atoms with Gasteiger partial charge in [0, 0.05) is 31.5 Å². The summed E-state index contributed by atoms with van der Waals surface area (Å²) < 4.78 is 66.7. The summed E-state index contributed by atoms with van der Waals surface area (Å²) in [5.41, 5.74) is -1.62. The van der Waals surface area contributed by atoms with Crippen LogP contribution in [0.2, 0.25) is 0 Å². The van der Waals surface area contributed by atoms with Gasteiger partial charge in [0.05, 0.1) is 11.1 Å². The van der Waals surface area contributed by atoms with E-state index < -0.39 is 35.5 Å². The molecule has 2 heterocycles. The van der Waals surface area contributed by atoms with Gasteiger partial charge in [-0.3, -0.25) is 4.79 Å². The Hall–Kier alpha value is -3.63. The van der Waals surface area contributed by atoms with Gasteiger partial charge in [0.1, 0.15) is 11.6 Å². The minimum Gasteiger partial charge on any atom is -0.368 e. The molecule has 0 unspecified atom stereocenters. The fraction of sp³-hybridized carbons (Fsp3) is 0.273. The van der Waals surface area contributed by atoms with E-state index >= 15 is 0 Å². The Balaban J connectivity index is 1.82. The number of carbonyl (C=O) groups excluding carboxylic acids is 1. The van der Waals surface area contributed by atoms with Crippen molar-refractivity contribution in [1.29, 1.82) is 0 Å². The molecular weight excluding hydrogens is 445 g/mol. The topological polar surface area (TPSA) is 71.0 Å². The van der Waals surface area contributed by atoms with Crippen molar-refractivity contribution < 1.29 is 26.7 Å². The average molecular weight is 465 g/mol. The summed E-state index contributed by atoms with van der Waals surface area (Å²) >= 11 is 0. The van der Waals surface area contributed by atoms with Gasteiger partial charge in [-0.15, -0.1) is 0 Å². The summed E-state index contributed by atoms with van der Waals surface area (Å²) in [6.45, 7) is 3.63. The Morgan fingerprint density at radius 3 is 2.39 bits per heavy atom. The molecule has 0 bridgehead atoms. The molecule has 0 fully saturated rings. The second-order valence-electron chi connectivity index (χ2n) is 7.08. The van der Waals surface area contributed by atoms with Gasteiger partial charge in [-0.25, -0.2) is 23.7 Å². The van der Waals surface area contributed by atoms with Crippen LogP contribution in [0.5, 0.6) is 0 Å². The monoisotopic (exact) mass is 465 g/mol. The summed E-state index contributed by atoms with van der Waals surface area (Å²) in [5.74, 6) is -2.78. The maximum Gasteiger partial charge on any atom is 0.436 e. The maximum absolute atomic E-state index is 14.6. The molecule has 0 spiro atoms. The number of nitrogens with zero attached hydrogens (tertiary/aromatic N) is 4. The highest BCUT2D eigenvalue weighted by Crippen LogP contribution is 2.30. The molecule has 6 nitrogen and oxygen atoms in total. The van der Waals surface area contributed by atoms with Gasteiger partial charge < -0.3 is 10.2 Å². The molecule has 33 heavy (non-hydrogen) atoms. The molecule has 3 aromatic rings. The normalized spacial score (nSPS) is 12.3. The van der Waals surface area contributed by atoms with Gasteiger partial charge in [-0.05, 0) is 44.2 Å². The van der Waals surface area contributed by atoms with Crippen LogP contribution < -0.4 is 5.32 Å². The third-order valence-corrected chi connectivity index (χ3v) is 4.86. The molecule has 1 N–H and O–H groups in total. The number of hydrogen-bond donors (Lipinski definition) is 1. The van der Waals surface area contributed by atoms with Gasteiger partial charge in [-0.1, -0.05) is 6.07 Å². The molecule has 0 aliphatic rings. The number of likely N-dealkylation sites (N-methyl/N-ethyl adjacent to an activating group) is 1. The summed E-state index contributed by atoms with van der Waals surface area (Å²) in [7, 11) is 0. The number of alkyl halides is 3. The molecule has 0 aliphatic heterocycles. The van der Waals surface area contributed by atoms with Crippen molar-refractivity contribution in [3.8, 4) is 11.4 Å². The molecule has 2 aromatic heterocycles. The standard InChI is InChI=1S/C22H20F5N5O/c1-3-32(13(2)12-30-17-9-8-16(24)19(31-17)22(25,26)27)21(33)14-6-4-7-15(23)18(14)20-28-10-5-11-29-20/h4-11,13H,3,12H2,1-2H3,(H,30,31)/t13-/m0/s1. The van der Waals surface area contributed by atoms with Crippen molar-refractivity contribution in [2.45, 2.75) is 26.1 Å². The van der Waals surface area contributed by atoms with Gasteiger partial charge >= 0.3 is 6.18 Å². The predicted octanol–water partition coefficient (Wildman–Crippen LogP) is 4.80. The average Bonchev–Trinajstić information content (AvgIpc) is 2.78. The van der Waals surface area contributed by atoms with Crippen LogP contribution >= 0.6 is 0 Å². The lowest BCUT2D eigenvalue weighted by molar-refractivity contribution is -0.143. The van der Waals surface area contributed by atoms with E-state index in [0.29, 0.717) is 6.07 Å². The number of hydrogen-bond acceptors (Lipinski definition) is 5. The van der Waals surface area contributed by atoms with Crippen molar-refractivity contribution in [2.24, 2.45) is 0 Å². The number of carbonyl (C=O) groups is 1. The Bertz CT molecular complexity index is 1120. The number of benzene rings is 1. The van der Waals surface area contributed by atoms with Crippen LogP contribution in [0.3, 0.4) is 0 Å². The highest BCUT2D eigenvalue weighted by atomic mass is 19.4. The Kier molecular flexibility index (Phi) is 7.19. The number of anilines is 1. The summed E-state index contributed by atoms with van der Waals surface area (Å²) in [5, 5.41) is 2.69. The zero-order valence-corrected chi connectivity index (χ0v) is 17.7. The largest absolute Gasteiger partial charge is 0.436 e. The Morgan fingerprint density at radius 2 is 1.76 bits per heavy atom. The number of halogens is 5. The highest BCUT2D eigenvalue weighted by Gasteiger charge is 2.36. The fourth-order valence-electron chi connectivity index (χ4n) is 3.27. The molecule has 174 valence electrons. The van der Waals surface area contributed by atoms with Crippen LogP contribution in [0.15, 0.2) is 48.8 Å². The van der Waals surface area contributed by atoms with E-state index in [1.54, 1.807) is 19.9 Å². The first-order valence-corrected chi connectivity index (χ1v) is 9.98. The van der Waals surface area contributed by atoms with Crippen LogP contribution in [0.1, 0.15) is 29.9 Å². The molecule has 11 heteroatoms. The molecule has 1 aromatic carbocycles. The lowest BCUT2D eigenvalue weighted by Gasteiger charge is -2.29. The fourth-order valence-corrected chi connectivity index (χ4v) is 3.27. The number of aromatic nitrogens is 3. The summed E-state index contributed by atoms with van der Waals surface area (Å²) in [6, 6.07) is 6.83. The van der Waals surface area contributed by atoms with Gasteiger partial charge in [-0.2, -0.15) is 13.2 Å². The van der Waals surface area contributed by atoms with E-state index in [-0.39, 0.29) is 35.9 Å². The maximum atomic E-state index is 14.6. The van der Waals surface area contributed by atoms with Gasteiger partial charge in [0.15, 0.2) is 17.3 Å². The smallest absolute Gasteiger partial charge is 0.368 e. The third kappa shape index (κ3) is 5.41. The number of rotatable bonds is 7. The number of nitrogens with one attached hydrogen (secondary N) is 1. The van der Waals surface area contributed by atoms with Crippen molar-refractivity contribution in [2.75, 3.05) is 18.4 Å².